The van der Waals surface area contributed by atoms with Crippen LogP contribution in [0.4, 0.5) is 4.79 Å². The van der Waals surface area contributed by atoms with E-state index in [1.807, 2.05) is 68.1 Å². The topological polar surface area (TPSA) is 154 Å². The molecule has 0 bridgehead atoms. The molecule has 5 N–H and O–H groups in total. The van der Waals surface area contributed by atoms with Crippen LogP contribution in [-0.2, 0) is 29.3 Å². The zero-order chi connectivity index (χ0) is 41.8. The van der Waals surface area contributed by atoms with Gasteiger partial charge < -0.3 is 30.7 Å². The van der Waals surface area contributed by atoms with Crippen molar-refractivity contribution in [1.29, 1.82) is 5.26 Å². The summed E-state index contributed by atoms with van der Waals surface area (Å²) in [6, 6.07) is 29.7. The largest absolute Gasteiger partial charge is 0.488 e. The van der Waals surface area contributed by atoms with Gasteiger partial charge in [0.15, 0.2) is 0 Å². The Morgan fingerprint density at radius 1 is 0.898 bits per heavy atom. The monoisotopic (exact) mass is 836 g/mol. The Kier molecular flexibility index (Phi) is 15.2. The minimum atomic E-state index is -0.945. The van der Waals surface area contributed by atoms with Crippen LogP contribution in [0.1, 0.15) is 73.8 Å². The fourth-order valence-corrected chi connectivity index (χ4v) is 9.06. The summed E-state index contributed by atoms with van der Waals surface area (Å²) in [4.78, 5) is 37.3. The molecule has 0 aromatic heterocycles. The molecule has 2 aliphatic heterocycles. The highest BCUT2D eigenvalue weighted by molar-refractivity contribution is 8.00. The molecule has 310 valence electrons. The highest BCUT2D eigenvalue weighted by atomic mass is 35.5. The number of carbonyl (C=O) groups excluding carboxylic acids is 3. The lowest BCUT2D eigenvalue weighted by molar-refractivity contribution is -0.126. The van der Waals surface area contributed by atoms with Gasteiger partial charge in [-0.05, 0) is 86.1 Å². The third-order valence-electron chi connectivity index (χ3n) is 10.8. The van der Waals surface area contributed by atoms with Crippen LogP contribution in [0.5, 0.6) is 11.5 Å². The molecule has 2 heterocycles. The number of ether oxygens (including phenoxy) is 2. The number of hydrogen-bond donors (Lipinski definition) is 5. The second kappa shape index (κ2) is 20.7. The summed E-state index contributed by atoms with van der Waals surface area (Å²) in [5.41, 5.74) is 5.58. The molecule has 4 aromatic carbocycles. The number of amides is 4. The Balaban J connectivity index is 0.992. The molecule has 11 nitrogen and oxygen atoms in total. The highest BCUT2D eigenvalue weighted by Gasteiger charge is 2.42. The van der Waals surface area contributed by atoms with Crippen molar-refractivity contribution in [2.45, 2.75) is 95.5 Å². The van der Waals surface area contributed by atoms with Crippen molar-refractivity contribution in [3.05, 3.63) is 118 Å². The van der Waals surface area contributed by atoms with Gasteiger partial charge in [-0.3, -0.25) is 14.9 Å². The Morgan fingerprint density at radius 3 is 2.49 bits per heavy atom. The number of thioether (sulfide) groups is 1. The minimum absolute atomic E-state index is 0.00403. The standard InChI is InChI=1S/C46H53ClN6O5S/c1-30-34(16-10-17-36(30)33-14-5-4-6-15-33)28-58-40-24-39(57-27-32-13-9-12-31(22-32)25-48)35(23-37(40)47)26-51-46(2,3)44(55)50-21-11-20-49-42(54)19-8-7-18-41-43-38(29-59-41)52-45(56)53-43/h4-6,9-10,12-17,22-24,38,41,43,51H,7-8,11,18-21,26-29H2,1-3H3,(H,49,54)(H,50,55)(H2,52,53,56)/t38-,41-,43-/m0/s1. The number of nitrogens with zero attached hydrogens (tertiary/aromatic N) is 1. The van der Waals surface area contributed by atoms with Crippen LogP contribution >= 0.6 is 23.4 Å². The molecule has 2 saturated heterocycles. The Hall–Kier alpha value is -5.22. The molecule has 2 fully saturated rings. The zero-order valence-electron chi connectivity index (χ0n) is 33.9. The van der Waals surface area contributed by atoms with Gasteiger partial charge in [-0.15, -0.1) is 0 Å². The van der Waals surface area contributed by atoms with Crippen molar-refractivity contribution in [1.82, 2.24) is 26.6 Å². The molecule has 0 spiro atoms. The average molecular weight is 837 g/mol. The van der Waals surface area contributed by atoms with E-state index in [1.165, 1.54) is 0 Å². The molecule has 0 aliphatic carbocycles. The second-order valence-electron chi connectivity index (χ2n) is 15.5. The number of rotatable bonds is 20. The zero-order valence-corrected chi connectivity index (χ0v) is 35.4. The Labute approximate surface area is 356 Å². The number of carbonyl (C=O) groups is 3. The molecule has 0 unspecified atom stereocenters. The first kappa shape index (κ1) is 43.4. The quantitative estimate of drug-likeness (QED) is 0.0452. The Bertz CT molecular complexity index is 2140. The summed E-state index contributed by atoms with van der Waals surface area (Å²) in [5, 5.41) is 25.5. The lowest BCUT2D eigenvalue weighted by atomic mass is 9.97. The van der Waals surface area contributed by atoms with Gasteiger partial charge in [0.05, 0.1) is 34.3 Å². The fraction of sp³-hybridized carbons (Fsp3) is 0.391. The molecule has 59 heavy (non-hydrogen) atoms. The van der Waals surface area contributed by atoms with Crippen molar-refractivity contribution in [3.63, 3.8) is 0 Å². The maximum Gasteiger partial charge on any atom is 0.315 e. The first-order valence-corrected chi connectivity index (χ1v) is 21.6. The smallest absolute Gasteiger partial charge is 0.315 e. The van der Waals surface area contributed by atoms with Crippen molar-refractivity contribution < 1.29 is 23.9 Å². The number of urea groups is 1. The third kappa shape index (κ3) is 11.9. The number of nitrogens with one attached hydrogen (secondary N) is 5. The Morgan fingerprint density at radius 2 is 1.68 bits per heavy atom. The van der Waals surface area contributed by atoms with Crippen molar-refractivity contribution in [2.24, 2.45) is 0 Å². The van der Waals surface area contributed by atoms with Gasteiger partial charge in [-0.25, -0.2) is 4.79 Å². The van der Waals surface area contributed by atoms with E-state index in [9.17, 15) is 19.6 Å². The van der Waals surface area contributed by atoms with Gasteiger partial charge in [0.2, 0.25) is 11.8 Å². The molecular formula is C46H53ClN6O5S. The lowest BCUT2D eigenvalue weighted by Crippen LogP contribution is -2.52. The first-order chi connectivity index (χ1) is 28.5. The molecule has 3 atom stereocenters. The highest BCUT2D eigenvalue weighted by Crippen LogP contribution is 2.36. The lowest BCUT2D eigenvalue weighted by Gasteiger charge is -2.26. The van der Waals surface area contributed by atoms with E-state index < -0.39 is 5.54 Å². The predicted octanol–water partition coefficient (Wildman–Crippen LogP) is 7.56. The number of nitriles is 1. The van der Waals surface area contributed by atoms with Gasteiger partial charge in [0.25, 0.3) is 0 Å². The van der Waals surface area contributed by atoms with Crippen LogP contribution in [0.2, 0.25) is 5.02 Å². The summed E-state index contributed by atoms with van der Waals surface area (Å²) in [5.74, 6) is 1.75. The van der Waals surface area contributed by atoms with Crippen molar-refractivity contribution >= 4 is 41.2 Å². The summed E-state index contributed by atoms with van der Waals surface area (Å²) in [7, 11) is 0. The van der Waals surface area contributed by atoms with Crippen LogP contribution in [0.25, 0.3) is 11.1 Å². The summed E-state index contributed by atoms with van der Waals surface area (Å²) >= 11 is 8.72. The van der Waals surface area contributed by atoms with Crippen LogP contribution in [0.15, 0.2) is 84.9 Å². The molecule has 2 aliphatic rings. The SMILES string of the molecule is Cc1c(COc2cc(OCc3cccc(C#N)c3)c(CNC(C)(C)C(=O)NCCCNC(=O)CCCC[C@@H]3SC[C@@H]4NC(=O)N[C@@H]43)cc2Cl)cccc1-c1ccccc1. The summed E-state index contributed by atoms with van der Waals surface area (Å²) in [6.45, 7) is 7.36. The molecule has 13 heteroatoms. The summed E-state index contributed by atoms with van der Waals surface area (Å²) in [6.07, 6.45) is 3.75. The van der Waals surface area contributed by atoms with E-state index in [4.69, 9.17) is 21.1 Å². The average Bonchev–Trinajstić information content (AvgIpc) is 3.80. The number of unbranched alkanes of at least 4 members (excludes halogenated alkanes) is 1. The van der Waals surface area contributed by atoms with Gasteiger partial charge >= 0.3 is 6.03 Å². The minimum Gasteiger partial charge on any atom is -0.488 e. The number of benzene rings is 4. The van der Waals surface area contributed by atoms with Crippen LogP contribution in [0, 0.1) is 18.3 Å². The van der Waals surface area contributed by atoms with E-state index in [0.717, 1.165) is 58.4 Å². The van der Waals surface area contributed by atoms with E-state index in [-0.39, 0.29) is 43.1 Å². The molecule has 4 amide bonds. The number of hydrogen-bond acceptors (Lipinski definition) is 8. The molecule has 6 rings (SSSR count). The normalized spacial score (nSPS) is 17.0. The maximum atomic E-state index is 13.3. The molecule has 0 radical (unpaired) electrons. The van der Waals surface area contributed by atoms with Crippen LogP contribution < -0.4 is 36.1 Å². The van der Waals surface area contributed by atoms with Gasteiger partial charge in [0, 0.05) is 48.7 Å². The van der Waals surface area contributed by atoms with E-state index in [1.54, 1.807) is 24.3 Å². The maximum absolute atomic E-state index is 13.3. The number of halogens is 1. The van der Waals surface area contributed by atoms with Gasteiger partial charge in [-0.2, -0.15) is 17.0 Å². The van der Waals surface area contributed by atoms with Crippen molar-refractivity contribution in [3.8, 4) is 28.7 Å². The fourth-order valence-electron chi connectivity index (χ4n) is 7.27. The first-order valence-electron chi connectivity index (χ1n) is 20.2. The second-order valence-corrected chi connectivity index (χ2v) is 17.2. The molecule has 0 saturated carbocycles. The van der Waals surface area contributed by atoms with Crippen LogP contribution in [0.3, 0.4) is 0 Å². The van der Waals surface area contributed by atoms with Crippen molar-refractivity contribution in [2.75, 3.05) is 18.8 Å². The summed E-state index contributed by atoms with van der Waals surface area (Å²) < 4.78 is 12.7. The molecular weight excluding hydrogens is 784 g/mol. The van der Waals surface area contributed by atoms with Gasteiger partial charge in [-0.1, -0.05) is 78.7 Å². The van der Waals surface area contributed by atoms with E-state index in [0.29, 0.717) is 59.9 Å². The predicted molar refractivity (Wildman–Crippen MR) is 233 cm³/mol. The van der Waals surface area contributed by atoms with E-state index in [2.05, 4.69) is 57.8 Å². The third-order valence-corrected chi connectivity index (χ3v) is 12.6. The number of fused-ring (bicyclic) bond motifs is 1. The van der Waals surface area contributed by atoms with Gasteiger partial charge in [0.1, 0.15) is 24.7 Å². The molecule has 4 aromatic rings. The van der Waals surface area contributed by atoms with E-state index >= 15 is 0 Å². The van der Waals surface area contributed by atoms with Crippen LogP contribution in [-0.4, -0.2) is 59.6 Å².